The van der Waals surface area contributed by atoms with Crippen molar-refractivity contribution in [2.75, 3.05) is 13.1 Å². The van der Waals surface area contributed by atoms with Crippen LogP contribution in [0.15, 0.2) is 24.3 Å². The Labute approximate surface area is 145 Å². The van der Waals surface area contributed by atoms with Crippen LogP contribution in [0.2, 0.25) is 0 Å². The van der Waals surface area contributed by atoms with Crippen LogP contribution in [-0.2, 0) is 21.4 Å². The number of Topliss-reactive ketones (excluding diaryl/α,β-unsaturated/α-hetero) is 1. The van der Waals surface area contributed by atoms with E-state index in [-0.39, 0.29) is 11.5 Å². The second kappa shape index (κ2) is 6.96. The Morgan fingerprint density at radius 2 is 1.71 bits per heavy atom. The lowest BCUT2D eigenvalue weighted by molar-refractivity contribution is -0.124. The average molecular weight is 331 g/mol. The van der Waals surface area contributed by atoms with Gasteiger partial charge in [-0.2, -0.15) is 0 Å². The Kier molecular flexibility index (Phi) is 5.36. The van der Waals surface area contributed by atoms with Crippen LogP contribution >= 0.6 is 0 Å². The van der Waals surface area contributed by atoms with Crippen molar-refractivity contribution in [1.82, 2.24) is 4.90 Å². The summed E-state index contributed by atoms with van der Waals surface area (Å²) >= 11 is 0. The van der Waals surface area contributed by atoms with Crippen LogP contribution < -0.4 is 0 Å². The fourth-order valence-corrected chi connectivity index (χ4v) is 3.58. The number of hydrogen-bond donors (Lipinski definition) is 0. The second-order valence-corrected chi connectivity index (χ2v) is 7.31. The molecule has 1 amide bonds. The van der Waals surface area contributed by atoms with Gasteiger partial charge in [-0.15, -0.1) is 0 Å². The summed E-state index contributed by atoms with van der Waals surface area (Å²) in [5, 5.41) is 0. The summed E-state index contributed by atoms with van der Waals surface area (Å²) in [7, 11) is 0. The maximum atomic E-state index is 12.6. The van der Waals surface area contributed by atoms with Gasteiger partial charge in [0.1, 0.15) is 11.4 Å². The fraction of sp³-hybridized carbons (Fsp3) is 0.600. The van der Waals surface area contributed by atoms with Crippen molar-refractivity contribution >= 4 is 11.9 Å². The molecular formula is C20H29NO3. The molecule has 4 heteroatoms. The van der Waals surface area contributed by atoms with Gasteiger partial charge in [0.2, 0.25) is 0 Å². The molecule has 1 spiro atoms. The highest BCUT2D eigenvalue weighted by atomic mass is 16.6. The van der Waals surface area contributed by atoms with Gasteiger partial charge in [0, 0.05) is 19.5 Å². The SMILES string of the molecule is CC.CC(C)(C)OC(=O)N1CCC2(CC1)C(=O)Cc1ccccc12. The van der Waals surface area contributed by atoms with E-state index in [0.717, 1.165) is 5.56 Å². The number of ketones is 1. The number of nitrogens with zero attached hydrogens (tertiary/aromatic N) is 1. The first-order chi connectivity index (χ1) is 11.3. The zero-order valence-electron chi connectivity index (χ0n) is 15.5. The minimum atomic E-state index is -0.484. The highest BCUT2D eigenvalue weighted by Gasteiger charge is 2.48. The first kappa shape index (κ1) is 18.5. The van der Waals surface area contributed by atoms with E-state index in [2.05, 4.69) is 6.07 Å². The third-order valence-corrected chi connectivity index (χ3v) is 4.69. The first-order valence-electron chi connectivity index (χ1n) is 8.91. The number of carbonyl (C=O) groups is 2. The molecule has 0 radical (unpaired) electrons. The normalized spacial score (nSPS) is 18.7. The van der Waals surface area contributed by atoms with Crippen LogP contribution in [0.25, 0.3) is 0 Å². The Hall–Kier alpha value is -1.84. The monoisotopic (exact) mass is 331 g/mol. The standard InChI is InChI=1S/C18H23NO3.C2H6/c1-17(2,3)22-16(21)19-10-8-18(9-11-19)14-7-5-4-6-13(14)12-15(18)20;1-2/h4-7H,8-12H2,1-3H3;1-2H3. The van der Waals surface area contributed by atoms with E-state index in [9.17, 15) is 9.59 Å². The Morgan fingerprint density at radius 1 is 1.12 bits per heavy atom. The van der Waals surface area contributed by atoms with E-state index in [1.165, 1.54) is 5.56 Å². The van der Waals surface area contributed by atoms with Crippen LogP contribution in [0.5, 0.6) is 0 Å². The van der Waals surface area contributed by atoms with Gasteiger partial charge in [0.05, 0.1) is 5.41 Å². The van der Waals surface area contributed by atoms with E-state index in [0.29, 0.717) is 38.1 Å². The lowest BCUT2D eigenvalue weighted by Gasteiger charge is -2.39. The number of piperidine rings is 1. The molecule has 0 atom stereocenters. The van der Waals surface area contributed by atoms with Crippen molar-refractivity contribution in [3.8, 4) is 0 Å². The van der Waals surface area contributed by atoms with E-state index >= 15 is 0 Å². The molecular weight excluding hydrogens is 302 g/mol. The highest BCUT2D eigenvalue weighted by Crippen LogP contribution is 2.43. The van der Waals surface area contributed by atoms with Crippen LogP contribution in [-0.4, -0.2) is 35.5 Å². The maximum absolute atomic E-state index is 12.6. The molecule has 1 aliphatic carbocycles. The number of fused-ring (bicyclic) bond motifs is 2. The Balaban J connectivity index is 0.00000100. The lowest BCUT2D eigenvalue weighted by atomic mass is 9.73. The summed E-state index contributed by atoms with van der Waals surface area (Å²) in [5.74, 6) is 0.303. The molecule has 0 aromatic heterocycles. The van der Waals surface area contributed by atoms with Crippen LogP contribution in [0.1, 0.15) is 58.6 Å². The highest BCUT2D eigenvalue weighted by molar-refractivity contribution is 5.96. The summed E-state index contributed by atoms with van der Waals surface area (Å²) in [5.41, 5.74) is 1.46. The van der Waals surface area contributed by atoms with Crippen molar-refractivity contribution in [3.63, 3.8) is 0 Å². The summed E-state index contributed by atoms with van der Waals surface area (Å²) in [6.45, 7) is 10.8. The van der Waals surface area contributed by atoms with E-state index in [1.807, 2.05) is 52.8 Å². The van der Waals surface area contributed by atoms with Crippen molar-refractivity contribution in [1.29, 1.82) is 0 Å². The summed E-state index contributed by atoms with van der Waals surface area (Å²) in [6, 6.07) is 8.10. The molecule has 1 aromatic carbocycles. The van der Waals surface area contributed by atoms with Crippen LogP contribution in [0.3, 0.4) is 0 Å². The minimum absolute atomic E-state index is 0.277. The number of benzene rings is 1. The lowest BCUT2D eigenvalue weighted by Crippen LogP contribution is -2.48. The summed E-state index contributed by atoms with van der Waals surface area (Å²) in [6.07, 6.45) is 1.65. The number of ether oxygens (including phenoxy) is 1. The minimum Gasteiger partial charge on any atom is -0.444 e. The molecule has 0 bridgehead atoms. The Morgan fingerprint density at radius 3 is 2.29 bits per heavy atom. The quantitative estimate of drug-likeness (QED) is 0.719. The zero-order valence-corrected chi connectivity index (χ0v) is 15.5. The van der Waals surface area contributed by atoms with Crippen molar-refractivity contribution in [2.45, 2.75) is 64.9 Å². The summed E-state index contributed by atoms with van der Waals surface area (Å²) < 4.78 is 5.43. The smallest absolute Gasteiger partial charge is 0.410 e. The van der Waals surface area contributed by atoms with Crippen LogP contribution in [0.4, 0.5) is 4.79 Å². The largest absolute Gasteiger partial charge is 0.444 e. The van der Waals surface area contributed by atoms with Crippen molar-refractivity contribution in [2.24, 2.45) is 0 Å². The van der Waals surface area contributed by atoms with Crippen molar-refractivity contribution in [3.05, 3.63) is 35.4 Å². The predicted octanol–water partition coefficient (Wildman–Crippen LogP) is 4.11. The van der Waals surface area contributed by atoms with Gasteiger partial charge in [-0.25, -0.2) is 4.79 Å². The fourth-order valence-electron chi connectivity index (χ4n) is 3.58. The summed E-state index contributed by atoms with van der Waals surface area (Å²) in [4.78, 5) is 26.5. The Bertz CT molecular complexity index is 608. The first-order valence-corrected chi connectivity index (χ1v) is 8.91. The van der Waals surface area contributed by atoms with Gasteiger partial charge < -0.3 is 9.64 Å². The number of likely N-dealkylation sites (tertiary alicyclic amines) is 1. The number of amides is 1. The van der Waals surface area contributed by atoms with E-state index < -0.39 is 5.60 Å². The molecule has 1 aromatic rings. The third kappa shape index (κ3) is 3.47. The molecule has 3 rings (SSSR count). The molecule has 2 aliphatic rings. The van der Waals surface area contributed by atoms with E-state index in [1.54, 1.807) is 4.90 Å². The molecule has 0 N–H and O–H groups in total. The maximum Gasteiger partial charge on any atom is 0.410 e. The molecule has 1 aliphatic heterocycles. The molecule has 132 valence electrons. The van der Waals surface area contributed by atoms with Gasteiger partial charge in [-0.3, -0.25) is 4.79 Å². The molecule has 24 heavy (non-hydrogen) atoms. The predicted molar refractivity (Wildman–Crippen MR) is 95.2 cm³/mol. The van der Waals surface area contributed by atoms with Gasteiger partial charge >= 0.3 is 6.09 Å². The van der Waals surface area contributed by atoms with Gasteiger partial charge in [0.25, 0.3) is 0 Å². The molecule has 1 heterocycles. The van der Waals surface area contributed by atoms with Crippen LogP contribution in [0, 0.1) is 0 Å². The van der Waals surface area contributed by atoms with Gasteiger partial charge in [-0.1, -0.05) is 38.1 Å². The van der Waals surface area contributed by atoms with Crippen molar-refractivity contribution < 1.29 is 14.3 Å². The van der Waals surface area contributed by atoms with Gasteiger partial charge in [-0.05, 0) is 44.7 Å². The average Bonchev–Trinajstić information content (AvgIpc) is 2.81. The zero-order chi connectivity index (χ0) is 18.0. The van der Waals surface area contributed by atoms with E-state index in [4.69, 9.17) is 4.74 Å². The number of rotatable bonds is 0. The van der Waals surface area contributed by atoms with Gasteiger partial charge in [0.15, 0.2) is 0 Å². The number of hydrogen-bond acceptors (Lipinski definition) is 3. The molecule has 0 unspecified atom stereocenters. The topological polar surface area (TPSA) is 46.6 Å². The molecule has 1 fully saturated rings. The second-order valence-electron chi connectivity index (χ2n) is 7.31. The molecule has 1 saturated heterocycles. The number of carbonyl (C=O) groups excluding carboxylic acids is 2. The third-order valence-electron chi connectivity index (χ3n) is 4.69. The molecule has 0 saturated carbocycles. The molecule has 4 nitrogen and oxygen atoms in total.